The van der Waals surface area contributed by atoms with E-state index in [2.05, 4.69) is 15.4 Å². The molecule has 0 spiro atoms. The van der Waals surface area contributed by atoms with Crippen molar-refractivity contribution >= 4 is 50.7 Å². The quantitative estimate of drug-likeness (QED) is 0.685. The number of carbonyl (C=O) groups excluding carboxylic acids is 2. The minimum Gasteiger partial charge on any atom is -0.324 e. The molecule has 142 valence electrons. The lowest BCUT2D eigenvalue weighted by molar-refractivity contribution is -0.113. The highest BCUT2D eigenvalue weighted by molar-refractivity contribution is 8.00. The summed E-state index contributed by atoms with van der Waals surface area (Å²) >= 11 is 1.43. The Morgan fingerprint density at radius 1 is 1.15 bits per heavy atom. The number of thioether (sulfide) groups is 1. The van der Waals surface area contributed by atoms with Crippen molar-refractivity contribution in [3.63, 3.8) is 0 Å². The molecule has 0 aromatic heterocycles. The van der Waals surface area contributed by atoms with Gasteiger partial charge in [0.05, 0.1) is 17.2 Å². The molecule has 3 rings (SSSR count). The van der Waals surface area contributed by atoms with Crippen LogP contribution < -0.4 is 15.4 Å². The van der Waals surface area contributed by atoms with Gasteiger partial charge in [-0.3, -0.25) is 14.3 Å². The fraction of sp³-hybridized carbons (Fsp3) is 0.222. The Hall–Kier alpha value is -2.52. The van der Waals surface area contributed by atoms with E-state index >= 15 is 0 Å². The Morgan fingerprint density at radius 2 is 1.85 bits per heavy atom. The standard InChI is InChI=1S/C18H19N3O4S2/c1-2-9-27(24,25)21-14-6-4-13(5-7-14)19-18(23)12-3-8-16-15(10-12)20-17(22)11-26-16/h3-8,10,21H,2,9,11H2,1H3,(H,19,23)(H,20,22). The first-order chi connectivity index (χ1) is 12.9. The summed E-state index contributed by atoms with van der Waals surface area (Å²) in [7, 11) is -3.35. The normalized spacial score (nSPS) is 13.4. The zero-order valence-corrected chi connectivity index (χ0v) is 16.2. The topological polar surface area (TPSA) is 104 Å². The third-order valence-corrected chi connectivity index (χ3v) is 6.33. The third kappa shape index (κ3) is 5.01. The molecule has 0 fully saturated rings. The minimum atomic E-state index is -3.35. The van der Waals surface area contributed by atoms with Crippen LogP contribution in [0.4, 0.5) is 17.1 Å². The summed E-state index contributed by atoms with van der Waals surface area (Å²) in [5.74, 6) is 0.0130. The summed E-state index contributed by atoms with van der Waals surface area (Å²) in [6.07, 6.45) is 0.531. The number of benzene rings is 2. The van der Waals surface area contributed by atoms with Gasteiger partial charge in [-0.25, -0.2) is 8.42 Å². The van der Waals surface area contributed by atoms with Gasteiger partial charge in [0, 0.05) is 21.8 Å². The molecular weight excluding hydrogens is 386 g/mol. The van der Waals surface area contributed by atoms with Crippen LogP contribution in [0.25, 0.3) is 0 Å². The number of sulfonamides is 1. The lowest BCUT2D eigenvalue weighted by Crippen LogP contribution is -2.20. The first-order valence-corrected chi connectivity index (χ1v) is 11.0. The maximum absolute atomic E-state index is 12.4. The fourth-order valence-corrected chi connectivity index (χ4v) is 4.47. The first kappa shape index (κ1) is 19.2. The highest BCUT2D eigenvalue weighted by Gasteiger charge is 2.17. The molecule has 1 heterocycles. The van der Waals surface area contributed by atoms with E-state index in [1.165, 1.54) is 11.8 Å². The SMILES string of the molecule is CCCS(=O)(=O)Nc1ccc(NC(=O)c2ccc3c(c2)NC(=O)CS3)cc1. The van der Waals surface area contributed by atoms with Crippen molar-refractivity contribution in [2.24, 2.45) is 0 Å². The third-order valence-electron chi connectivity index (χ3n) is 3.76. The molecule has 3 N–H and O–H groups in total. The molecule has 0 saturated heterocycles. The Morgan fingerprint density at radius 3 is 2.56 bits per heavy atom. The zero-order chi connectivity index (χ0) is 19.4. The lowest BCUT2D eigenvalue weighted by atomic mass is 10.1. The minimum absolute atomic E-state index is 0.0542. The van der Waals surface area contributed by atoms with E-state index in [1.807, 2.05) is 0 Å². The molecule has 1 aliphatic rings. The van der Waals surface area contributed by atoms with Crippen molar-refractivity contribution < 1.29 is 18.0 Å². The van der Waals surface area contributed by atoms with Crippen LogP contribution in [0, 0.1) is 0 Å². The maximum Gasteiger partial charge on any atom is 0.255 e. The van der Waals surface area contributed by atoms with E-state index < -0.39 is 10.0 Å². The number of nitrogens with one attached hydrogen (secondary N) is 3. The summed E-state index contributed by atoms with van der Waals surface area (Å²) in [5, 5.41) is 5.51. The van der Waals surface area contributed by atoms with Crippen LogP contribution in [0.1, 0.15) is 23.7 Å². The van der Waals surface area contributed by atoms with E-state index in [1.54, 1.807) is 49.4 Å². The fourth-order valence-electron chi connectivity index (χ4n) is 2.55. The van der Waals surface area contributed by atoms with Crippen LogP contribution in [-0.2, 0) is 14.8 Å². The Bertz CT molecular complexity index is 973. The second kappa shape index (κ2) is 8.01. The molecule has 2 aromatic rings. The van der Waals surface area contributed by atoms with E-state index in [9.17, 15) is 18.0 Å². The maximum atomic E-state index is 12.4. The molecule has 0 bridgehead atoms. The van der Waals surface area contributed by atoms with Crippen molar-refractivity contribution in [2.45, 2.75) is 18.2 Å². The molecule has 7 nitrogen and oxygen atoms in total. The van der Waals surface area contributed by atoms with E-state index in [0.717, 1.165) is 4.90 Å². The average Bonchev–Trinajstić information content (AvgIpc) is 2.62. The van der Waals surface area contributed by atoms with Crippen LogP contribution in [-0.4, -0.2) is 31.7 Å². The highest BCUT2D eigenvalue weighted by Crippen LogP contribution is 2.32. The zero-order valence-electron chi connectivity index (χ0n) is 14.6. The van der Waals surface area contributed by atoms with Crippen LogP contribution in [0.15, 0.2) is 47.4 Å². The predicted molar refractivity (Wildman–Crippen MR) is 108 cm³/mol. The summed E-state index contributed by atoms with van der Waals surface area (Å²) < 4.78 is 26.0. The predicted octanol–water partition coefficient (Wildman–Crippen LogP) is 3.13. The number of rotatable bonds is 6. The number of anilines is 3. The smallest absolute Gasteiger partial charge is 0.255 e. The average molecular weight is 406 g/mol. The van der Waals surface area contributed by atoms with Gasteiger partial charge in [0.2, 0.25) is 15.9 Å². The van der Waals surface area contributed by atoms with Crippen molar-refractivity contribution in [3.8, 4) is 0 Å². The summed E-state index contributed by atoms with van der Waals surface area (Å²) in [6, 6.07) is 11.6. The van der Waals surface area contributed by atoms with Crippen LogP contribution in [0.5, 0.6) is 0 Å². The summed E-state index contributed by atoms with van der Waals surface area (Å²) in [4.78, 5) is 24.9. The largest absolute Gasteiger partial charge is 0.324 e. The van der Waals surface area contributed by atoms with Gasteiger partial charge in [-0.1, -0.05) is 6.92 Å². The van der Waals surface area contributed by atoms with Crippen molar-refractivity contribution in [1.82, 2.24) is 0 Å². The molecule has 2 amide bonds. The molecule has 0 saturated carbocycles. The van der Waals surface area contributed by atoms with Gasteiger partial charge in [0.15, 0.2) is 0 Å². The monoisotopic (exact) mass is 405 g/mol. The Balaban J connectivity index is 1.68. The second-order valence-corrected chi connectivity index (χ2v) is 8.86. The summed E-state index contributed by atoms with van der Waals surface area (Å²) in [6.45, 7) is 1.79. The number of fused-ring (bicyclic) bond motifs is 1. The second-order valence-electron chi connectivity index (χ2n) is 6.00. The van der Waals surface area contributed by atoms with Crippen molar-refractivity contribution in [1.29, 1.82) is 0 Å². The van der Waals surface area contributed by atoms with Gasteiger partial charge >= 0.3 is 0 Å². The van der Waals surface area contributed by atoms with E-state index in [0.29, 0.717) is 34.8 Å². The molecule has 0 atom stereocenters. The molecule has 2 aromatic carbocycles. The number of carbonyl (C=O) groups is 2. The Kier molecular flexibility index (Phi) is 5.71. The van der Waals surface area contributed by atoms with Crippen LogP contribution in [0.2, 0.25) is 0 Å². The van der Waals surface area contributed by atoms with Gasteiger partial charge < -0.3 is 10.6 Å². The Labute approximate surface area is 162 Å². The first-order valence-electron chi connectivity index (χ1n) is 8.35. The van der Waals surface area contributed by atoms with Crippen LogP contribution in [0.3, 0.4) is 0 Å². The molecule has 9 heteroatoms. The van der Waals surface area contributed by atoms with Crippen molar-refractivity contribution in [3.05, 3.63) is 48.0 Å². The highest BCUT2D eigenvalue weighted by atomic mass is 32.2. The molecule has 0 unspecified atom stereocenters. The number of hydrogen-bond donors (Lipinski definition) is 3. The van der Waals surface area contributed by atoms with Gasteiger partial charge in [-0.15, -0.1) is 11.8 Å². The molecule has 27 heavy (non-hydrogen) atoms. The van der Waals surface area contributed by atoms with Gasteiger partial charge in [0.25, 0.3) is 5.91 Å². The molecule has 0 aliphatic carbocycles. The van der Waals surface area contributed by atoms with Gasteiger partial charge in [-0.05, 0) is 48.9 Å². The molecule has 0 radical (unpaired) electrons. The number of hydrogen-bond acceptors (Lipinski definition) is 5. The van der Waals surface area contributed by atoms with Crippen LogP contribution >= 0.6 is 11.8 Å². The van der Waals surface area contributed by atoms with E-state index in [-0.39, 0.29) is 17.6 Å². The van der Waals surface area contributed by atoms with E-state index in [4.69, 9.17) is 0 Å². The van der Waals surface area contributed by atoms with Gasteiger partial charge in [0.1, 0.15) is 0 Å². The van der Waals surface area contributed by atoms with Gasteiger partial charge in [-0.2, -0.15) is 0 Å². The molecular formula is C18H19N3O4S2. The lowest BCUT2D eigenvalue weighted by Gasteiger charge is -2.17. The van der Waals surface area contributed by atoms with Crippen molar-refractivity contribution in [2.75, 3.05) is 26.9 Å². The summed E-state index contributed by atoms with van der Waals surface area (Å²) in [5.41, 5.74) is 2.03. The number of amides is 2. The molecule has 1 aliphatic heterocycles.